The normalized spacial score (nSPS) is 22.4. The van der Waals surface area contributed by atoms with Gasteiger partial charge in [-0.2, -0.15) is 0 Å². The maximum Gasteiger partial charge on any atom is 0.0994 e. The highest BCUT2D eigenvalue weighted by molar-refractivity contribution is 9.10. The minimum Gasteiger partial charge on any atom is -0.316 e. The first-order valence-electron chi connectivity index (χ1n) is 7.02. The van der Waals surface area contributed by atoms with Crippen LogP contribution in [-0.2, 0) is 5.41 Å². The molecule has 1 aliphatic rings. The van der Waals surface area contributed by atoms with E-state index in [1.165, 1.54) is 27.0 Å². The average molecular weight is 334 g/mol. The second kappa shape index (κ2) is 5.01. The molecule has 3 nitrogen and oxygen atoms in total. The summed E-state index contributed by atoms with van der Waals surface area (Å²) in [4.78, 5) is 4.39. The molecule has 2 aromatic rings. The molecule has 1 aromatic carbocycles. The van der Waals surface area contributed by atoms with Crippen LogP contribution in [0.1, 0.15) is 30.2 Å². The van der Waals surface area contributed by atoms with Crippen molar-refractivity contribution in [3.05, 3.63) is 46.0 Å². The molecular weight excluding hydrogens is 314 g/mol. The van der Waals surface area contributed by atoms with E-state index in [1.54, 1.807) is 0 Å². The van der Waals surface area contributed by atoms with Crippen LogP contribution in [0.4, 0.5) is 0 Å². The lowest BCUT2D eigenvalue weighted by Crippen LogP contribution is -2.27. The molecule has 1 fully saturated rings. The molecule has 3 rings (SSSR count). The van der Waals surface area contributed by atoms with Crippen molar-refractivity contribution in [2.75, 3.05) is 13.1 Å². The summed E-state index contributed by atoms with van der Waals surface area (Å²) in [5, 5.41) is 3.46. The summed E-state index contributed by atoms with van der Waals surface area (Å²) >= 11 is 3.64. The Bertz CT molecular complexity index is 616. The number of aryl methyl sites for hydroxylation is 2. The molecule has 106 valence electrons. The van der Waals surface area contributed by atoms with Crippen LogP contribution >= 0.6 is 15.9 Å². The fraction of sp³-hybridized carbons (Fsp3) is 0.438. The molecule has 20 heavy (non-hydrogen) atoms. The predicted octanol–water partition coefficient (Wildman–Crippen LogP) is 3.50. The highest BCUT2D eigenvalue weighted by atomic mass is 79.9. The zero-order chi connectivity index (χ0) is 14.3. The van der Waals surface area contributed by atoms with Crippen molar-refractivity contribution < 1.29 is 0 Å². The van der Waals surface area contributed by atoms with Crippen molar-refractivity contribution in [1.82, 2.24) is 14.9 Å². The number of halogens is 1. The van der Waals surface area contributed by atoms with Gasteiger partial charge in [0.1, 0.15) is 0 Å². The summed E-state index contributed by atoms with van der Waals surface area (Å²) < 4.78 is 3.43. The van der Waals surface area contributed by atoms with Crippen molar-refractivity contribution in [2.45, 2.75) is 32.6 Å². The molecule has 0 saturated carbocycles. The molecule has 0 radical (unpaired) electrons. The summed E-state index contributed by atoms with van der Waals surface area (Å²) in [6, 6.07) is 4.43. The minimum atomic E-state index is 0.172. The Kier molecular flexibility index (Phi) is 3.46. The van der Waals surface area contributed by atoms with Gasteiger partial charge in [-0.05, 0) is 50.1 Å². The number of imidazole rings is 1. The topological polar surface area (TPSA) is 29.9 Å². The van der Waals surface area contributed by atoms with Gasteiger partial charge in [-0.3, -0.25) is 0 Å². The number of benzene rings is 1. The SMILES string of the molecule is Cc1cc(-n2cncc2C2(C)CCNC2)cc(C)c1Br. The lowest BCUT2D eigenvalue weighted by Gasteiger charge is -2.24. The Morgan fingerprint density at radius 3 is 2.60 bits per heavy atom. The van der Waals surface area contributed by atoms with Crippen molar-refractivity contribution in [3.63, 3.8) is 0 Å². The summed E-state index contributed by atoms with van der Waals surface area (Å²) in [7, 11) is 0. The second-order valence-corrected chi connectivity index (χ2v) is 6.82. The standard InChI is InChI=1S/C16H20BrN3/c1-11-6-13(7-12(2)15(11)17)20-10-19-8-14(20)16(3)4-5-18-9-16/h6-8,10,18H,4-5,9H2,1-3H3. The quantitative estimate of drug-likeness (QED) is 0.911. The van der Waals surface area contributed by atoms with Gasteiger partial charge in [0.25, 0.3) is 0 Å². The summed E-state index contributed by atoms with van der Waals surface area (Å²) in [5.74, 6) is 0. The lowest BCUT2D eigenvalue weighted by molar-refractivity contribution is 0.499. The van der Waals surface area contributed by atoms with Gasteiger partial charge in [0.05, 0.1) is 6.33 Å². The van der Waals surface area contributed by atoms with Crippen LogP contribution in [0.15, 0.2) is 29.1 Å². The third-order valence-corrected chi connectivity index (χ3v) is 5.58. The number of hydrogen-bond donors (Lipinski definition) is 1. The van der Waals surface area contributed by atoms with Crippen LogP contribution in [-0.4, -0.2) is 22.6 Å². The van der Waals surface area contributed by atoms with Crippen LogP contribution in [0.5, 0.6) is 0 Å². The molecule has 1 saturated heterocycles. The van der Waals surface area contributed by atoms with E-state index in [0.29, 0.717) is 0 Å². The maximum absolute atomic E-state index is 4.39. The summed E-state index contributed by atoms with van der Waals surface area (Å²) in [6.45, 7) is 8.69. The Labute approximate surface area is 128 Å². The molecule has 4 heteroatoms. The van der Waals surface area contributed by atoms with Crippen LogP contribution in [0.2, 0.25) is 0 Å². The summed E-state index contributed by atoms with van der Waals surface area (Å²) in [5.41, 5.74) is 5.18. The second-order valence-electron chi connectivity index (χ2n) is 6.03. The van der Waals surface area contributed by atoms with E-state index in [-0.39, 0.29) is 5.41 Å². The Hall–Kier alpha value is -1.13. The maximum atomic E-state index is 4.39. The van der Waals surface area contributed by atoms with Gasteiger partial charge in [0.2, 0.25) is 0 Å². The van der Waals surface area contributed by atoms with E-state index in [2.05, 4.69) is 63.7 Å². The van der Waals surface area contributed by atoms with Gasteiger partial charge in [0.15, 0.2) is 0 Å². The van der Waals surface area contributed by atoms with E-state index >= 15 is 0 Å². The minimum absolute atomic E-state index is 0.172. The van der Waals surface area contributed by atoms with Crippen molar-refractivity contribution in [2.24, 2.45) is 0 Å². The van der Waals surface area contributed by atoms with Gasteiger partial charge >= 0.3 is 0 Å². The third-order valence-electron chi connectivity index (χ3n) is 4.32. The number of nitrogens with zero attached hydrogens (tertiary/aromatic N) is 2. The zero-order valence-electron chi connectivity index (χ0n) is 12.2. The molecule has 0 spiro atoms. The monoisotopic (exact) mass is 333 g/mol. The van der Waals surface area contributed by atoms with E-state index in [0.717, 1.165) is 19.5 Å². The van der Waals surface area contributed by atoms with Gasteiger partial charge in [-0.1, -0.05) is 22.9 Å². The van der Waals surface area contributed by atoms with E-state index in [1.807, 2.05) is 12.5 Å². The molecular formula is C16H20BrN3. The first-order chi connectivity index (χ1) is 9.51. The molecule has 0 bridgehead atoms. The highest BCUT2D eigenvalue weighted by Gasteiger charge is 2.33. The highest BCUT2D eigenvalue weighted by Crippen LogP contribution is 2.32. The van der Waals surface area contributed by atoms with Crippen molar-refractivity contribution >= 4 is 15.9 Å². The van der Waals surface area contributed by atoms with E-state index < -0.39 is 0 Å². The molecule has 0 amide bonds. The third kappa shape index (κ3) is 2.21. The molecule has 1 atom stereocenters. The Morgan fingerprint density at radius 1 is 1.30 bits per heavy atom. The van der Waals surface area contributed by atoms with Gasteiger partial charge in [0, 0.05) is 34.0 Å². The molecule has 0 aliphatic carbocycles. The van der Waals surface area contributed by atoms with Gasteiger partial charge in [-0.25, -0.2) is 4.98 Å². The van der Waals surface area contributed by atoms with Crippen LogP contribution < -0.4 is 5.32 Å². The van der Waals surface area contributed by atoms with E-state index in [4.69, 9.17) is 0 Å². The molecule has 1 aliphatic heterocycles. The number of rotatable bonds is 2. The van der Waals surface area contributed by atoms with Crippen LogP contribution in [0, 0.1) is 13.8 Å². The van der Waals surface area contributed by atoms with E-state index in [9.17, 15) is 0 Å². The number of nitrogens with one attached hydrogen (secondary N) is 1. The van der Waals surface area contributed by atoms with Gasteiger partial charge < -0.3 is 9.88 Å². The van der Waals surface area contributed by atoms with Crippen LogP contribution in [0.3, 0.4) is 0 Å². The first-order valence-corrected chi connectivity index (χ1v) is 7.81. The lowest BCUT2D eigenvalue weighted by atomic mass is 9.86. The smallest absolute Gasteiger partial charge is 0.0994 e. The Balaban J connectivity index is 2.10. The fourth-order valence-corrected chi connectivity index (χ4v) is 3.27. The molecule has 1 unspecified atom stereocenters. The fourth-order valence-electron chi connectivity index (χ4n) is 3.05. The molecule has 2 heterocycles. The zero-order valence-corrected chi connectivity index (χ0v) is 13.8. The number of hydrogen-bond acceptors (Lipinski definition) is 2. The molecule has 1 N–H and O–H groups in total. The Morgan fingerprint density at radius 2 is 2.00 bits per heavy atom. The predicted molar refractivity (Wildman–Crippen MR) is 85.6 cm³/mol. The average Bonchev–Trinajstić information content (AvgIpc) is 3.04. The van der Waals surface area contributed by atoms with Crippen molar-refractivity contribution in [3.8, 4) is 5.69 Å². The molecule has 1 aromatic heterocycles. The van der Waals surface area contributed by atoms with Crippen molar-refractivity contribution in [1.29, 1.82) is 0 Å². The largest absolute Gasteiger partial charge is 0.316 e. The number of aromatic nitrogens is 2. The van der Waals surface area contributed by atoms with Crippen LogP contribution in [0.25, 0.3) is 5.69 Å². The summed E-state index contributed by atoms with van der Waals surface area (Å²) in [6.07, 6.45) is 5.11. The first kappa shape index (κ1) is 13.8. The van der Waals surface area contributed by atoms with Gasteiger partial charge in [-0.15, -0.1) is 0 Å².